The Balaban J connectivity index is 2.16. The molecule has 1 aliphatic rings. The first-order valence-electron chi connectivity index (χ1n) is 6.18. The zero-order valence-corrected chi connectivity index (χ0v) is 11.8. The van der Waals surface area contributed by atoms with E-state index in [2.05, 4.69) is 15.9 Å². The molecule has 0 radical (unpaired) electrons. The van der Waals surface area contributed by atoms with Gasteiger partial charge in [0.15, 0.2) is 0 Å². The molecule has 1 aromatic heterocycles. The van der Waals surface area contributed by atoms with Crippen LogP contribution in [-0.2, 0) is 6.42 Å². The van der Waals surface area contributed by atoms with Gasteiger partial charge >= 0.3 is 0 Å². The second kappa shape index (κ2) is 4.72. The third kappa shape index (κ3) is 2.11. The van der Waals surface area contributed by atoms with E-state index in [9.17, 15) is 8.78 Å². The smallest absolute Gasteiger partial charge is 0.150 e. The zero-order valence-electron chi connectivity index (χ0n) is 10.2. The topological polar surface area (TPSA) is 30.9 Å². The second-order valence-corrected chi connectivity index (χ2v) is 5.66. The molecule has 0 fully saturated rings. The first-order chi connectivity index (χ1) is 9.08. The average molecular weight is 327 g/mol. The van der Waals surface area contributed by atoms with Crippen LogP contribution in [0.4, 0.5) is 8.78 Å². The van der Waals surface area contributed by atoms with Gasteiger partial charge in [-0.1, -0.05) is 0 Å². The first kappa shape index (κ1) is 12.8. The fourth-order valence-electron chi connectivity index (χ4n) is 2.65. The van der Waals surface area contributed by atoms with Crippen LogP contribution in [0, 0.1) is 11.6 Å². The van der Waals surface area contributed by atoms with Crippen molar-refractivity contribution in [3.8, 4) is 5.69 Å². The number of halogens is 3. The maximum atomic E-state index is 13.9. The molecule has 2 N–H and O–H groups in total. The van der Waals surface area contributed by atoms with Crippen LogP contribution in [0.25, 0.3) is 5.69 Å². The molecular weight excluding hydrogens is 314 g/mol. The summed E-state index contributed by atoms with van der Waals surface area (Å²) in [5, 5.41) is 0. The summed E-state index contributed by atoms with van der Waals surface area (Å²) in [5.41, 5.74) is 8.49. The van der Waals surface area contributed by atoms with Crippen LogP contribution in [-0.4, -0.2) is 4.57 Å². The molecule has 19 heavy (non-hydrogen) atoms. The molecule has 1 unspecified atom stereocenters. The maximum Gasteiger partial charge on any atom is 0.150 e. The van der Waals surface area contributed by atoms with Crippen molar-refractivity contribution in [3.05, 3.63) is 51.8 Å². The molecule has 3 rings (SSSR count). The van der Waals surface area contributed by atoms with Gasteiger partial charge in [0, 0.05) is 24.0 Å². The molecule has 0 spiro atoms. The van der Waals surface area contributed by atoms with Gasteiger partial charge in [0.25, 0.3) is 0 Å². The minimum absolute atomic E-state index is 0.0111. The van der Waals surface area contributed by atoms with Crippen LogP contribution in [0.2, 0.25) is 0 Å². The Kier molecular flexibility index (Phi) is 3.19. The molecule has 0 amide bonds. The SMILES string of the molecule is NC1CCCc2c1ccn2-c1cc(Br)c(F)cc1F. The molecular formula is C14H13BrF2N2. The summed E-state index contributed by atoms with van der Waals surface area (Å²) >= 11 is 3.09. The van der Waals surface area contributed by atoms with Crippen molar-refractivity contribution in [1.29, 1.82) is 0 Å². The van der Waals surface area contributed by atoms with Gasteiger partial charge in [0.1, 0.15) is 11.6 Å². The molecule has 0 bridgehead atoms. The van der Waals surface area contributed by atoms with Crippen molar-refractivity contribution in [2.45, 2.75) is 25.3 Å². The van der Waals surface area contributed by atoms with E-state index >= 15 is 0 Å². The van der Waals surface area contributed by atoms with Crippen LogP contribution in [0.3, 0.4) is 0 Å². The van der Waals surface area contributed by atoms with Gasteiger partial charge in [0.05, 0.1) is 10.2 Å². The summed E-state index contributed by atoms with van der Waals surface area (Å²) in [4.78, 5) is 0. The summed E-state index contributed by atoms with van der Waals surface area (Å²) in [6.45, 7) is 0. The highest BCUT2D eigenvalue weighted by atomic mass is 79.9. The van der Waals surface area contributed by atoms with E-state index in [-0.39, 0.29) is 10.5 Å². The van der Waals surface area contributed by atoms with Gasteiger partial charge in [-0.3, -0.25) is 0 Å². The average Bonchev–Trinajstić information content (AvgIpc) is 2.79. The highest BCUT2D eigenvalue weighted by Gasteiger charge is 2.22. The summed E-state index contributed by atoms with van der Waals surface area (Å²) in [6, 6.07) is 4.30. The lowest BCUT2D eigenvalue weighted by atomic mass is 9.93. The molecule has 0 saturated carbocycles. The van der Waals surface area contributed by atoms with Crippen LogP contribution in [0.5, 0.6) is 0 Å². The Morgan fingerprint density at radius 3 is 2.84 bits per heavy atom. The predicted octanol–water partition coefficient (Wildman–Crippen LogP) is 3.85. The third-order valence-corrected chi connectivity index (χ3v) is 4.21. The molecule has 0 aliphatic heterocycles. The number of hydrogen-bond donors (Lipinski definition) is 1. The molecule has 2 nitrogen and oxygen atoms in total. The molecule has 1 atom stereocenters. The van der Waals surface area contributed by atoms with E-state index in [1.54, 1.807) is 10.8 Å². The Bertz CT molecular complexity index is 637. The monoisotopic (exact) mass is 326 g/mol. The Hall–Kier alpha value is -1.20. The fraction of sp³-hybridized carbons (Fsp3) is 0.286. The van der Waals surface area contributed by atoms with Gasteiger partial charge in [-0.25, -0.2) is 8.78 Å². The van der Waals surface area contributed by atoms with E-state index in [4.69, 9.17) is 5.73 Å². The van der Waals surface area contributed by atoms with Crippen LogP contribution in [0.1, 0.15) is 30.1 Å². The number of benzene rings is 1. The van der Waals surface area contributed by atoms with E-state index in [1.165, 1.54) is 6.07 Å². The highest BCUT2D eigenvalue weighted by Crippen LogP contribution is 2.32. The van der Waals surface area contributed by atoms with Gasteiger partial charge < -0.3 is 10.3 Å². The lowest BCUT2D eigenvalue weighted by Crippen LogP contribution is -2.18. The minimum Gasteiger partial charge on any atom is -0.324 e. The Morgan fingerprint density at radius 1 is 1.26 bits per heavy atom. The molecule has 1 aliphatic carbocycles. The molecule has 1 aromatic carbocycles. The summed E-state index contributed by atoms with van der Waals surface area (Å²) in [5.74, 6) is -1.17. The molecule has 0 saturated heterocycles. The molecule has 1 heterocycles. The van der Waals surface area contributed by atoms with E-state index < -0.39 is 11.6 Å². The Morgan fingerprint density at radius 2 is 2.05 bits per heavy atom. The van der Waals surface area contributed by atoms with Crippen LogP contribution >= 0.6 is 15.9 Å². The van der Waals surface area contributed by atoms with Crippen molar-refractivity contribution < 1.29 is 8.78 Å². The number of fused-ring (bicyclic) bond motifs is 1. The van der Waals surface area contributed by atoms with Gasteiger partial charge in [0.2, 0.25) is 0 Å². The normalized spacial score (nSPS) is 18.4. The van der Waals surface area contributed by atoms with Crippen LogP contribution in [0.15, 0.2) is 28.9 Å². The van der Waals surface area contributed by atoms with E-state index in [0.29, 0.717) is 5.69 Å². The number of aromatic nitrogens is 1. The lowest BCUT2D eigenvalue weighted by Gasteiger charge is -2.21. The zero-order chi connectivity index (χ0) is 13.6. The standard InChI is InChI=1S/C14H13BrF2N2/c15-9-6-14(11(17)7-10(9)16)19-5-4-8-12(18)2-1-3-13(8)19/h4-7,12H,1-3,18H2. The van der Waals surface area contributed by atoms with Crippen LogP contribution < -0.4 is 5.73 Å². The number of rotatable bonds is 1. The number of nitrogens with two attached hydrogens (primary N) is 1. The summed E-state index contributed by atoms with van der Waals surface area (Å²) in [7, 11) is 0. The highest BCUT2D eigenvalue weighted by molar-refractivity contribution is 9.10. The molecule has 100 valence electrons. The number of hydrogen-bond acceptors (Lipinski definition) is 1. The van der Waals surface area contributed by atoms with Gasteiger partial charge in [-0.15, -0.1) is 0 Å². The van der Waals surface area contributed by atoms with Crippen molar-refractivity contribution >= 4 is 15.9 Å². The van der Waals surface area contributed by atoms with Gasteiger partial charge in [-0.2, -0.15) is 0 Å². The van der Waals surface area contributed by atoms with E-state index in [0.717, 1.165) is 36.6 Å². The molecule has 5 heteroatoms. The summed E-state index contributed by atoms with van der Waals surface area (Å²) in [6.07, 6.45) is 4.61. The first-order valence-corrected chi connectivity index (χ1v) is 6.98. The largest absolute Gasteiger partial charge is 0.324 e. The predicted molar refractivity (Wildman–Crippen MR) is 73.3 cm³/mol. The van der Waals surface area contributed by atoms with Gasteiger partial charge in [-0.05, 0) is 52.9 Å². The van der Waals surface area contributed by atoms with Crippen molar-refractivity contribution in [1.82, 2.24) is 4.57 Å². The second-order valence-electron chi connectivity index (χ2n) is 4.80. The Labute approximate surface area is 118 Å². The van der Waals surface area contributed by atoms with Crippen molar-refractivity contribution in [3.63, 3.8) is 0 Å². The summed E-state index contributed by atoms with van der Waals surface area (Å²) < 4.78 is 29.3. The third-order valence-electron chi connectivity index (χ3n) is 3.60. The number of nitrogens with zero attached hydrogens (tertiary/aromatic N) is 1. The quantitative estimate of drug-likeness (QED) is 0.793. The van der Waals surface area contributed by atoms with E-state index in [1.807, 2.05) is 6.07 Å². The minimum atomic E-state index is -0.598. The maximum absolute atomic E-state index is 13.9. The fourth-order valence-corrected chi connectivity index (χ4v) is 2.98. The molecule has 2 aromatic rings. The van der Waals surface area contributed by atoms with Crippen molar-refractivity contribution in [2.75, 3.05) is 0 Å². The van der Waals surface area contributed by atoms with Crippen molar-refractivity contribution in [2.24, 2.45) is 5.73 Å². The lowest BCUT2D eigenvalue weighted by molar-refractivity contribution is 0.550.